The Morgan fingerprint density at radius 3 is 3.00 bits per heavy atom. The van der Waals surface area contributed by atoms with Gasteiger partial charge in [0.1, 0.15) is 0 Å². The molecule has 1 atom stereocenters. The number of fused-ring (bicyclic) bond motifs is 1. The van der Waals surface area contributed by atoms with Gasteiger partial charge < -0.3 is 5.32 Å². The maximum absolute atomic E-state index is 6.05. The van der Waals surface area contributed by atoms with Crippen molar-refractivity contribution in [2.75, 3.05) is 6.54 Å². The number of rotatable bonds is 4. The Balaban J connectivity index is 2.09. The maximum atomic E-state index is 6.05. The number of hydrogen-bond donors (Lipinski definition) is 1. The number of hydrogen-bond acceptors (Lipinski definition) is 3. The maximum Gasteiger partial charge on any atom is 0.0931 e. The zero-order valence-electron chi connectivity index (χ0n) is 10.5. The highest BCUT2D eigenvalue weighted by Crippen LogP contribution is 2.32. The fourth-order valence-corrected chi connectivity index (χ4v) is 3.38. The second-order valence-electron chi connectivity index (χ2n) is 4.26. The van der Waals surface area contributed by atoms with Crippen molar-refractivity contribution in [3.8, 4) is 0 Å². The Bertz CT molecular complexity index is 689. The lowest BCUT2D eigenvalue weighted by molar-refractivity contribution is 0.643. The van der Waals surface area contributed by atoms with Crippen molar-refractivity contribution in [2.45, 2.75) is 13.0 Å². The van der Waals surface area contributed by atoms with E-state index in [9.17, 15) is 0 Å². The van der Waals surface area contributed by atoms with E-state index in [4.69, 9.17) is 11.6 Å². The topological polar surface area (TPSA) is 29.3 Å². The lowest BCUT2D eigenvalue weighted by Gasteiger charge is -2.15. The number of aromatic nitrogens is 2. The molecule has 0 radical (unpaired) electrons. The van der Waals surface area contributed by atoms with Crippen LogP contribution in [0.2, 0.25) is 4.34 Å². The van der Waals surface area contributed by atoms with Gasteiger partial charge in [-0.2, -0.15) is 5.10 Å². The van der Waals surface area contributed by atoms with E-state index in [2.05, 4.69) is 29.5 Å². The molecule has 1 N–H and O–H groups in total. The number of nitrogens with zero attached hydrogens (tertiary/aromatic N) is 2. The van der Waals surface area contributed by atoms with Crippen LogP contribution in [0.1, 0.15) is 23.4 Å². The lowest BCUT2D eigenvalue weighted by atomic mass is 10.1. The van der Waals surface area contributed by atoms with Crippen LogP contribution >= 0.6 is 22.9 Å². The summed E-state index contributed by atoms with van der Waals surface area (Å²) in [6.07, 6.45) is 3.89. The second-order valence-corrected chi connectivity index (χ2v) is 6.01. The fraction of sp³-hybridized carbons (Fsp3) is 0.214. The highest BCUT2D eigenvalue weighted by atomic mass is 35.5. The predicted molar refractivity (Wildman–Crippen MR) is 80.0 cm³/mol. The predicted octanol–water partition coefficient (Wildman–Crippen LogP) is 3.75. The molecule has 3 rings (SSSR count). The van der Waals surface area contributed by atoms with Crippen molar-refractivity contribution in [1.29, 1.82) is 0 Å². The third-order valence-electron chi connectivity index (χ3n) is 3.05. The molecule has 98 valence electrons. The van der Waals surface area contributed by atoms with Gasteiger partial charge in [0.2, 0.25) is 0 Å². The molecule has 0 fully saturated rings. The van der Waals surface area contributed by atoms with E-state index < -0.39 is 0 Å². The summed E-state index contributed by atoms with van der Waals surface area (Å²) >= 11 is 7.66. The van der Waals surface area contributed by atoms with Crippen LogP contribution in [-0.2, 0) is 0 Å². The standard InChI is InChI=1S/C14H14ClN3S/c1-2-16-14(12-6-7-13(15)19-12)10-9-17-18-8-4-3-5-11(10)18/h3-9,14,16H,2H2,1H3. The third kappa shape index (κ3) is 2.39. The van der Waals surface area contributed by atoms with Gasteiger partial charge in [0, 0.05) is 16.6 Å². The summed E-state index contributed by atoms with van der Waals surface area (Å²) in [5.41, 5.74) is 2.30. The van der Waals surface area contributed by atoms with Crippen LogP contribution in [0, 0.1) is 0 Å². The molecular formula is C14H14ClN3S. The van der Waals surface area contributed by atoms with Gasteiger partial charge in [0.05, 0.1) is 22.1 Å². The summed E-state index contributed by atoms with van der Waals surface area (Å²) < 4.78 is 2.71. The Labute approximate surface area is 120 Å². The Hall–Kier alpha value is -1.36. The first kappa shape index (κ1) is 12.7. The van der Waals surface area contributed by atoms with Gasteiger partial charge >= 0.3 is 0 Å². The van der Waals surface area contributed by atoms with Crippen LogP contribution in [-0.4, -0.2) is 16.2 Å². The second kappa shape index (κ2) is 5.33. The average molecular weight is 292 g/mol. The van der Waals surface area contributed by atoms with Crippen molar-refractivity contribution in [3.05, 3.63) is 57.5 Å². The van der Waals surface area contributed by atoms with Gasteiger partial charge in [-0.05, 0) is 30.8 Å². The van der Waals surface area contributed by atoms with E-state index in [1.165, 1.54) is 10.4 Å². The minimum Gasteiger partial charge on any atom is -0.306 e. The van der Waals surface area contributed by atoms with E-state index in [1.807, 2.05) is 35.1 Å². The number of halogens is 1. The van der Waals surface area contributed by atoms with Crippen LogP contribution in [0.3, 0.4) is 0 Å². The summed E-state index contributed by atoms with van der Waals surface area (Å²) in [5.74, 6) is 0. The number of pyridine rings is 1. The highest BCUT2D eigenvalue weighted by Gasteiger charge is 2.19. The van der Waals surface area contributed by atoms with Crippen molar-refractivity contribution in [1.82, 2.24) is 14.9 Å². The summed E-state index contributed by atoms with van der Waals surface area (Å²) in [4.78, 5) is 1.21. The zero-order valence-corrected chi connectivity index (χ0v) is 12.1. The van der Waals surface area contributed by atoms with Crippen molar-refractivity contribution >= 4 is 28.5 Å². The Kier molecular flexibility index (Phi) is 3.55. The minimum atomic E-state index is 0.141. The van der Waals surface area contributed by atoms with Crippen LogP contribution in [0.15, 0.2) is 42.7 Å². The van der Waals surface area contributed by atoms with Gasteiger partial charge in [-0.25, -0.2) is 4.52 Å². The Morgan fingerprint density at radius 1 is 1.37 bits per heavy atom. The van der Waals surface area contributed by atoms with Gasteiger partial charge in [0.15, 0.2) is 0 Å². The molecule has 3 aromatic rings. The summed E-state index contributed by atoms with van der Waals surface area (Å²) in [6.45, 7) is 3.00. The largest absolute Gasteiger partial charge is 0.306 e. The molecule has 0 amide bonds. The number of nitrogens with one attached hydrogen (secondary N) is 1. The first-order valence-electron chi connectivity index (χ1n) is 6.20. The first-order chi connectivity index (χ1) is 9.29. The molecule has 0 aliphatic carbocycles. The molecule has 0 bridgehead atoms. The van der Waals surface area contributed by atoms with Gasteiger partial charge in [-0.3, -0.25) is 0 Å². The summed E-state index contributed by atoms with van der Waals surface area (Å²) in [5, 5.41) is 7.91. The normalized spacial score (nSPS) is 12.9. The van der Waals surface area contributed by atoms with E-state index in [0.29, 0.717) is 0 Å². The molecule has 0 aliphatic rings. The van der Waals surface area contributed by atoms with E-state index >= 15 is 0 Å². The SMILES string of the molecule is CCNC(c1ccc(Cl)s1)c1cnn2ccccc12. The minimum absolute atomic E-state index is 0.141. The summed E-state index contributed by atoms with van der Waals surface area (Å²) in [6, 6.07) is 10.3. The van der Waals surface area contributed by atoms with E-state index in [0.717, 1.165) is 16.4 Å². The lowest BCUT2D eigenvalue weighted by Crippen LogP contribution is -2.20. The third-order valence-corrected chi connectivity index (χ3v) is 4.35. The highest BCUT2D eigenvalue weighted by molar-refractivity contribution is 7.16. The van der Waals surface area contributed by atoms with Crippen LogP contribution < -0.4 is 5.32 Å². The monoisotopic (exact) mass is 291 g/mol. The fourth-order valence-electron chi connectivity index (χ4n) is 2.23. The molecular weight excluding hydrogens is 278 g/mol. The Morgan fingerprint density at radius 2 is 2.26 bits per heavy atom. The molecule has 0 aliphatic heterocycles. The molecule has 3 aromatic heterocycles. The number of thiophene rings is 1. The van der Waals surface area contributed by atoms with Crippen molar-refractivity contribution in [2.24, 2.45) is 0 Å². The van der Waals surface area contributed by atoms with E-state index in [-0.39, 0.29) is 6.04 Å². The van der Waals surface area contributed by atoms with Crippen LogP contribution in [0.4, 0.5) is 0 Å². The van der Waals surface area contributed by atoms with Crippen molar-refractivity contribution < 1.29 is 0 Å². The molecule has 5 heteroatoms. The smallest absolute Gasteiger partial charge is 0.0931 e. The molecule has 0 saturated heterocycles. The van der Waals surface area contributed by atoms with Gasteiger partial charge in [-0.15, -0.1) is 11.3 Å². The molecule has 1 unspecified atom stereocenters. The van der Waals surface area contributed by atoms with Gasteiger partial charge in [-0.1, -0.05) is 24.6 Å². The molecule has 0 spiro atoms. The van der Waals surface area contributed by atoms with Gasteiger partial charge in [0.25, 0.3) is 0 Å². The first-order valence-corrected chi connectivity index (χ1v) is 7.40. The van der Waals surface area contributed by atoms with Crippen LogP contribution in [0.5, 0.6) is 0 Å². The van der Waals surface area contributed by atoms with Crippen molar-refractivity contribution in [3.63, 3.8) is 0 Å². The molecule has 3 nitrogen and oxygen atoms in total. The molecule has 3 heterocycles. The van der Waals surface area contributed by atoms with E-state index in [1.54, 1.807) is 11.3 Å². The molecule has 0 saturated carbocycles. The quantitative estimate of drug-likeness (QED) is 0.793. The van der Waals surface area contributed by atoms with Crippen LogP contribution in [0.25, 0.3) is 5.52 Å². The summed E-state index contributed by atoms with van der Waals surface area (Å²) in [7, 11) is 0. The molecule has 19 heavy (non-hydrogen) atoms. The zero-order chi connectivity index (χ0) is 13.2. The average Bonchev–Trinajstić information content (AvgIpc) is 3.03. The molecule has 0 aromatic carbocycles.